The second kappa shape index (κ2) is 7.70. The van der Waals surface area contributed by atoms with E-state index >= 15 is 0 Å². The molecule has 1 aromatic carbocycles. The van der Waals surface area contributed by atoms with Gasteiger partial charge in [0.2, 0.25) is 5.88 Å². The molecule has 1 aliphatic heterocycles. The topological polar surface area (TPSA) is 78.5 Å². The number of hydroxylamine groups is 1. The molecule has 1 N–H and O–H groups in total. The van der Waals surface area contributed by atoms with E-state index in [0.717, 1.165) is 35.3 Å². The minimum atomic E-state index is -0.357. The lowest BCUT2D eigenvalue weighted by atomic mass is 10.1. The Morgan fingerprint density at radius 2 is 2.06 bits per heavy atom. The van der Waals surface area contributed by atoms with Gasteiger partial charge >= 0.3 is 0 Å². The number of aromatic nitrogens is 4. The average molecular weight is 446 g/mol. The molecule has 0 bridgehead atoms. The molecule has 4 heterocycles. The van der Waals surface area contributed by atoms with Crippen molar-refractivity contribution in [3.8, 4) is 11.6 Å². The summed E-state index contributed by atoms with van der Waals surface area (Å²) >= 11 is 0. The summed E-state index contributed by atoms with van der Waals surface area (Å²) in [6, 6.07) is 9.04. The van der Waals surface area contributed by atoms with E-state index in [0.29, 0.717) is 35.4 Å². The van der Waals surface area contributed by atoms with Gasteiger partial charge in [0, 0.05) is 29.4 Å². The number of rotatable bonds is 5. The highest BCUT2D eigenvalue weighted by atomic mass is 19.1. The molecule has 1 aliphatic carbocycles. The van der Waals surface area contributed by atoms with Crippen LogP contribution in [0.15, 0.2) is 54.0 Å². The smallest absolute Gasteiger partial charge is 0.238 e. The average Bonchev–Trinajstić information content (AvgIpc) is 3.47. The van der Waals surface area contributed by atoms with E-state index in [1.807, 2.05) is 42.1 Å². The van der Waals surface area contributed by atoms with Crippen LogP contribution in [-0.4, -0.2) is 38.7 Å². The Kier molecular flexibility index (Phi) is 4.65. The number of hydrogen-bond acceptors (Lipinski definition) is 6. The van der Waals surface area contributed by atoms with E-state index in [2.05, 4.69) is 20.0 Å². The Morgan fingerprint density at radius 3 is 2.82 bits per heavy atom. The molecule has 6 rings (SSSR count). The number of amidine groups is 1. The second-order valence-electron chi connectivity index (χ2n) is 8.41. The van der Waals surface area contributed by atoms with Crippen LogP contribution in [0.3, 0.4) is 0 Å². The van der Waals surface area contributed by atoms with E-state index in [-0.39, 0.29) is 11.9 Å². The van der Waals surface area contributed by atoms with Crippen LogP contribution in [0.4, 0.5) is 4.39 Å². The Morgan fingerprint density at radius 1 is 1.18 bits per heavy atom. The molecular formula is C24H23FN6O2. The predicted octanol–water partition coefficient (Wildman–Crippen LogP) is 4.04. The maximum Gasteiger partial charge on any atom is 0.238 e. The van der Waals surface area contributed by atoms with Crippen LogP contribution in [0.2, 0.25) is 0 Å². The molecule has 1 fully saturated rings. The standard InChI is InChI=1S/C24H23FN6O2/c1-14-10-30(13-26-14)21-9-8-18(28-24(21)32-2)23-27-19(12-33-29-23)16-11-31(15-6-7-15)20-5-3-4-17(25)22(16)20/h3-5,8-11,13,15,19H,6-7,12H2,1-2H3,(H,27,29). The molecule has 1 saturated carbocycles. The van der Waals surface area contributed by atoms with E-state index in [9.17, 15) is 4.39 Å². The number of pyridine rings is 1. The normalized spacial score (nSPS) is 18.3. The van der Waals surface area contributed by atoms with Gasteiger partial charge in [0.25, 0.3) is 0 Å². The molecule has 2 aliphatic rings. The van der Waals surface area contributed by atoms with Crippen molar-refractivity contribution >= 4 is 16.7 Å². The maximum atomic E-state index is 14.9. The number of methoxy groups -OCH3 is 1. The Labute approximate surface area is 189 Å². The lowest BCUT2D eigenvalue weighted by Gasteiger charge is -2.22. The van der Waals surface area contributed by atoms with Crippen molar-refractivity contribution in [2.24, 2.45) is 4.99 Å². The lowest BCUT2D eigenvalue weighted by Crippen LogP contribution is -2.33. The number of fused-ring (bicyclic) bond motifs is 1. The zero-order chi connectivity index (χ0) is 22.5. The number of imidazole rings is 1. The summed E-state index contributed by atoms with van der Waals surface area (Å²) in [4.78, 5) is 19.4. The molecule has 0 spiro atoms. The van der Waals surface area contributed by atoms with Gasteiger partial charge in [0.15, 0.2) is 5.84 Å². The molecule has 8 nitrogen and oxygen atoms in total. The fourth-order valence-electron chi connectivity index (χ4n) is 4.36. The highest BCUT2D eigenvalue weighted by Gasteiger charge is 2.30. The molecule has 168 valence electrons. The number of ether oxygens (including phenoxy) is 1. The molecule has 3 aromatic heterocycles. The molecule has 0 radical (unpaired) electrons. The van der Waals surface area contributed by atoms with Gasteiger partial charge in [0.1, 0.15) is 29.8 Å². The van der Waals surface area contributed by atoms with Crippen molar-refractivity contribution in [3.63, 3.8) is 0 Å². The summed E-state index contributed by atoms with van der Waals surface area (Å²) in [6.07, 6.45) is 7.88. The quantitative estimate of drug-likeness (QED) is 0.501. The van der Waals surface area contributed by atoms with E-state index in [4.69, 9.17) is 14.6 Å². The van der Waals surface area contributed by atoms with Crippen molar-refractivity contribution in [3.05, 3.63) is 71.8 Å². The highest BCUT2D eigenvalue weighted by molar-refractivity contribution is 5.97. The Hall–Kier alpha value is -3.72. The minimum Gasteiger partial charge on any atom is -0.479 e. The van der Waals surface area contributed by atoms with Crippen LogP contribution in [-0.2, 0) is 4.84 Å². The van der Waals surface area contributed by atoms with Crippen LogP contribution in [0.5, 0.6) is 5.88 Å². The molecule has 9 heteroatoms. The molecule has 1 atom stereocenters. The van der Waals surface area contributed by atoms with Gasteiger partial charge in [-0.15, -0.1) is 0 Å². The number of hydrogen-bond donors (Lipinski definition) is 1. The third-order valence-electron chi connectivity index (χ3n) is 6.10. The molecule has 4 aromatic rings. The minimum absolute atomic E-state index is 0.239. The third kappa shape index (κ3) is 3.45. The van der Waals surface area contributed by atoms with Gasteiger partial charge in [-0.3, -0.25) is 9.83 Å². The fraction of sp³-hybridized carbons (Fsp3) is 0.292. The summed E-state index contributed by atoms with van der Waals surface area (Å²) in [5, 5.41) is 0.611. The van der Waals surface area contributed by atoms with Gasteiger partial charge in [-0.25, -0.2) is 19.8 Å². The van der Waals surface area contributed by atoms with Crippen molar-refractivity contribution in [1.82, 2.24) is 24.6 Å². The van der Waals surface area contributed by atoms with Gasteiger partial charge in [-0.1, -0.05) is 6.07 Å². The SMILES string of the molecule is COc1nc(C2=NC(c3cn(C4CC4)c4cccc(F)c34)CON2)ccc1-n1cnc(C)c1. The number of aryl methyl sites for hydroxylation is 1. The maximum absolute atomic E-state index is 14.9. The first kappa shape index (κ1) is 19.9. The molecule has 0 amide bonds. The van der Waals surface area contributed by atoms with E-state index in [1.54, 1.807) is 19.5 Å². The Bertz CT molecular complexity index is 1390. The second-order valence-corrected chi connectivity index (χ2v) is 8.41. The van der Waals surface area contributed by atoms with Gasteiger partial charge in [-0.05, 0) is 44.0 Å². The summed E-state index contributed by atoms with van der Waals surface area (Å²) in [6.45, 7) is 2.22. The zero-order valence-electron chi connectivity index (χ0n) is 18.3. The first-order valence-corrected chi connectivity index (χ1v) is 10.9. The van der Waals surface area contributed by atoms with Crippen molar-refractivity contribution in [1.29, 1.82) is 0 Å². The van der Waals surface area contributed by atoms with Crippen LogP contribution in [0.25, 0.3) is 16.6 Å². The van der Waals surface area contributed by atoms with Crippen molar-refractivity contribution in [2.75, 3.05) is 13.7 Å². The van der Waals surface area contributed by atoms with Crippen LogP contribution < -0.4 is 10.2 Å². The van der Waals surface area contributed by atoms with Gasteiger partial charge in [-0.2, -0.15) is 0 Å². The first-order chi connectivity index (χ1) is 16.1. The number of halogens is 1. The zero-order valence-corrected chi connectivity index (χ0v) is 18.3. The van der Waals surface area contributed by atoms with E-state index in [1.165, 1.54) is 6.07 Å². The third-order valence-corrected chi connectivity index (χ3v) is 6.10. The molecule has 33 heavy (non-hydrogen) atoms. The van der Waals surface area contributed by atoms with Gasteiger partial charge < -0.3 is 13.9 Å². The molecular weight excluding hydrogens is 423 g/mol. The summed E-state index contributed by atoms with van der Waals surface area (Å²) < 4.78 is 24.4. The first-order valence-electron chi connectivity index (χ1n) is 10.9. The van der Waals surface area contributed by atoms with Crippen LogP contribution in [0.1, 0.15) is 41.9 Å². The fourth-order valence-corrected chi connectivity index (χ4v) is 4.36. The van der Waals surface area contributed by atoms with Crippen LogP contribution >= 0.6 is 0 Å². The monoisotopic (exact) mass is 446 g/mol. The van der Waals surface area contributed by atoms with E-state index < -0.39 is 0 Å². The number of nitrogens with zero attached hydrogens (tertiary/aromatic N) is 5. The summed E-state index contributed by atoms with van der Waals surface area (Å²) in [7, 11) is 1.57. The summed E-state index contributed by atoms with van der Waals surface area (Å²) in [5.74, 6) is 0.673. The van der Waals surface area contributed by atoms with Crippen molar-refractivity contribution < 1.29 is 14.0 Å². The summed E-state index contributed by atoms with van der Waals surface area (Å²) in [5.41, 5.74) is 6.84. The van der Waals surface area contributed by atoms with Crippen LogP contribution in [0, 0.1) is 12.7 Å². The highest BCUT2D eigenvalue weighted by Crippen LogP contribution is 2.41. The largest absolute Gasteiger partial charge is 0.479 e. The molecule has 0 saturated heterocycles. The lowest BCUT2D eigenvalue weighted by molar-refractivity contribution is 0.0622. The number of aliphatic imine (C=N–C) groups is 1. The number of nitrogens with one attached hydrogen (secondary N) is 1. The predicted molar refractivity (Wildman–Crippen MR) is 121 cm³/mol. The number of benzene rings is 1. The van der Waals surface area contributed by atoms with Crippen molar-refractivity contribution in [2.45, 2.75) is 31.8 Å². The molecule has 1 unspecified atom stereocenters. The van der Waals surface area contributed by atoms with Gasteiger partial charge in [0.05, 0.1) is 24.6 Å². The Balaban J connectivity index is 1.40.